The maximum Gasteiger partial charge on any atom is 0.255 e. The summed E-state index contributed by atoms with van der Waals surface area (Å²) in [6, 6.07) is 12.8. The standard InChI is InChI=1S/C25H29N3O2/c1-17-10-19(14-26-13-17)25(30)27-15-20-12-21(16-27)23(11-18-6-3-2-4-7-18)28-22(20)8-5-9-24(28)29/h2-4,6-7,10,13-14,20-23H,5,8-9,11-12,15-16H2,1H3/t20-,21+,22+,23+/m1/s1. The third-order valence-corrected chi connectivity index (χ3v) is 7.19. The Labute approximate surface area is 178 Å². The Morgan fingerprint density at radius 1 is 1.13 bits per heavy atom. The number of hydrogen-bond donors (Lipinski definition) is 0. The molecule has 5 rings (SSSR count). The van der Waals surface area contributed by atoms with Crippen LogP contribution in [-0.4, -0.2) is 51.8 Å². The van der Waals surface area contributed by atoms with Crippen molar-refractivity contribution in [2.24, 2.45) is 11.8 Å². The minimum atomic E-state index is 0.0787. The second-order valence-corrected chi connectivity index (χ2v) is 9.23. The Bertz CT molecular complexity index is 944. The number of aryl methyl sites for hydroxylation is 1. The van der Waals surface area contributed by atoms with Crippen LogP contribution >= 0.6 is 0 Å². The summed E-state index contributed by atoms with van der Waals surface area (Å²) in [4.78, 5) is 34.7. The molecule has 156 valence electrons. The largest absolute Gasteiger partial charge is 0.338 e. The third kappa shape index (κ3) is 3.51. The molecule has 0 N–H and O–H groups in total. The van der Waals surface area contributed by atoms with Gasteiger partial charge in [-0.05, 0) is 61.6 Å². The molecule has 3 aliphatic rings. The molecule has 0 saturated carbocycles. The predicted molar refractivity (Wildman–Crippen MR) is 115 cm³/mol. The van der Waals surface area contributed by atoms with Crippen molar-refractivity contribution in [3.8, 4) is 0 Å². The van der Waals surface area contributed by atoms with Gasteiger partial charge in [-0.25, -0.2) is 0 Å². The zero-order valence-electron chi connectivity index (χ0n) is 17.5. The summed E-state index contributed by atoms with van der Waals surface area (Å²) < 4.78 is 0. The summed E-state index contributed by atoms with van der Waals surface area (Å²) in [6.45, 7) is 3.43. The number of hydrogen-bond acceptors (Lipinski definition) is 3. The molecule has 4 atom stereocenters. The van der Waals surface area contributed by atoms with E-state index in [-0.39, 0.29) is 18.0 Å². The molecule has 3 fully saturated rings. The zero-order chi connectivity index (χ0) is 20.7. The van der Waals surface area contributed by atoms with Gasteiger partial charge >= 0.3 is 0 Å². The number of nitrogens with zero attached hydrogens (tertiary/aromatic N) is 3. The number of piperidine rings is 3. The maximum atomic E-state index is 13.3. The van der Waals surface area contributed by atoms with E-state index in [1.54, 1.807) is 12.4 Å². The highest BCUT2D eigenvalue weighted by Crippen LogP contribution is 2.42. The molecule has 4 heterocycles. The molecule has 0 spiro atoms. The summed E-state index contributed by atoms with van der Waals surface area (Å²) in [5, 5.41) is 0. The van der Waals surface area contributed by atoms with Gasteiger partial charge in [0.05, 0.1) is 5.56 Å². The lowest BCUT2D eigenvalue weighted by molar-refractivity contribution is -0.151. The van der Waals surface area contributed by atoms with E-state index in [1.807, 2.05) is 24.0 Å². The van der Waals surface area contributed by atoms with E-state index in [1.165, 1.54) is 5.56 Å². The highest BCUT2D eigenvalue weighted by Gasteiger charge is 2.49. The molecule has 2 aromatic rings. The topological polar surface area (TPSA) is 53.5 Å². The van der Waals surface area contributed by atoms with Crippen LogP contribution in [0.3, 0.4) is 0 Å². The Kier molecular flexibility index (Phi) is 5.05. The van der Waals surface area contributed by atoms with E-state index in [4.69, 9.17) is 0 Å². The van der Waals surface area contributed by atoms with E-state index in [0.717, 1.165) is 44.3 Å². The first-order chi connectivity index (χ1) is 14.6. The van der Waals surface area contributed by atoms with Crippen molar-refractivity contribution in [2.75, 3.05) is 13.1 Å². The van der Waals surface area contributed by atoms with Gasteiger partial charge in [0.25, 0.3) is 5.91 Å². The van der Waals surface area contributed by atoms with Crippen LogP contribution in [0.2, 0.25) is 0 Å². The second-order valence-electron chi connectivity index (χ2n) is 9.23. The van der Waals surface area contributed by atoms with Gasteiger partial charge in [-0.1, -0.05) is 30.3 Å². The van der Waals surface area contributed by atoms with E-state index in [2.05, 4.69) is 34.1 Å². The smallest absolute Gasteiger partial charge is 0.255 e. The van der Waals surface area contributed by atoms with Crippen LogP contribution in [0.1, 0.15) is 47.2 Å². The molecule has 5 nitrogen and oxygen atoms in total. The first-order valence-corrected chi connectivity index (χ1v) is 11.2. The summed E-state index contributed by atoms with van der Waals surface area (Å²) in [5.41, 5.74) is 2.94. The average Bonchev–Trinajstić information content (AvgIpc) is 2.77. The van der Waals surface area contributed by atoms with Crippen molar-refractivity contribution < 1.29 is 9.59 Å². The molecule has 5 heteroatoms. The van der Waals surface area contributed by atoms with Crippen LogP contribution in [0.5, 0.6) is 0 Å². The number of aromatic nitrogens is 1. The SMILES string of the molecule is Cc1cncc(C(=O)N2C[C@H]3C[C@@H](C2)[C@H](Cc2ccccc2)N2C(=O)CCC[C@@H]32)c1. The number of likely N-dealkylation sites (tertiary alicyclic amines) is 1. The third-order valence-electron chi connectivity index (χ3n) is 7.19. The van der Waals surface area contributed by atoms with Crippen LogP contribution in [-0.2, 0) is 11.2 Å². The summed E-state index contributed by atoms with van der Waals surface area (Å²) in [5.74, 6) is 1.09. The van der Waals surface area contributed by atoms with Gasteiger partial charge in [0.15, 0.2) is 0 Å². The van der Waals surface area contributed by atoms with E-state index < -0.39 is 0 Å². The Balaban J connectivity index is 1.44. The molecule has 3 saturated heterocycles. The van der Waals surface area contributed by atoms with E-state index in [9.17, 15) is 9.59 Å². The highest BCUT2D eigenvalue weighted by atomic mass is 16.2. The molecule has 30 heavy (non-hydrogen) atoms. The Morgan fingerprint density at radius 3 is 2.73 bits per heavy atom. The van der Waals surface area contributed by atoms with Crippen LogP contribution < -0.4 is 0 Å². The lowest BCUT2D eigenvalue weighted by atomic mass is 9.70. The number of rotatable bonds is 3. The van der Waals surface area contributed by atoms with Crippen molar-refractivity contribution in [1.82, 2.24) is 14.8 Å². The van der Waals surface area contributed by atoms with Crippen molar-refractivity contribution in [2.45, 2.75) is 51.1 Å². The number of carbonyl (C=O) groups is 2. The molecule has 1 aromatic carbocycles. The van der Waals surface area contributed by atoms with Crippen molar-refractivity contribution in [3.05, 3.63) is 65.5 Å². The summed E-state index contributed by atoms with van der Waals surface area (Å²) in [6.07, 6.45) is 8.13. The second kappa shape index (κ2) is 7.86. The van der Waals surface area contributed by atoms with Gasteiger partial charge < -0.3 is 9.80 Å². The molecule has 3 aliphatic heterocycles. The molecular weight excluding hydrogens is 374 g/mol. The van der Waals surface area contributed by atoms with Crippen LogP contribution in [0, 0.1) is 18.8 Å². The number of benzene rings is 1. The van der Waals surface area contributed by atoms with E-state index in [0.29, 0.717) is 29.7 Å². The molecule has 0 unspecified atom stereocenters. The van der Waals surface area contributed by atoms with Gasteiger partial charge in [-0.15, -0.1) is 0 Å². The number of amides is 2. The zero-order valence-corrected chi connectivity index (χ0v) is 17.5. The molecule has 2 bridgehead atoms. The Morgan fingerprint density at radius 2 is 1.93 bits per heavy atom. The van der Waals surface area contributed by atoms with Gasteiger partial charge in [0, 0.05) is 44.0 Å². The quantitative estimate of drug-likeness (QED) is 0.789. The van der Waals surface area contributed by atoms with Gasteiger partial charge in [-0.2, -0.15) is 0 Å². The summed E-state index contributed by atoms with van der Waals surface area (Å²) >= 11 is 0. The number of pyridine rings is 1. The minimum Gasteiger partial charge on any atom is -0.338 e. The summed E-state index contributed by atoms with van der Waals surface area (Å²) in [7, 11) is 0. The fourth-order valence-electron chi connectivity index (χ4n) is 5.91. The van der Waals surface area contributed by atoms with Crippen LogP contribution in [0.25, 0.3) is 0 Å². The monoisotopic (exact) mass is 403 g/mol. The molecule has 0 aliphatic carbocycles. The molecule has 2 amide bonds. The lowest BCUT2D eigenvalue weighted by Crippen LogP contribution is -2.66. The van der Waals surface area contributed by atoms with Crippen LogP contribution in [0.15, 0.2) is 48.8 Å². The molecule has 1 aromatic heterocycles. The van der Waals surface area contributed by atoms with Crippen molar-refractivity contribution in [3.63, 3.8) is 0 Å². The van der Waals surface area contributed by atoms with Gasteiger partial charge in [0.1, 0.15) is 0 Å². The number of carbonyl (C=O) groups excluding carboxylic acids is 2. The fourth-order valence-corrected chi connectivity index (χ4v) is 5.91. The normalized spacial score (nSPS) is 28.2. The first kappa shape index (κ1) is 19.3. The first-order valence-electron chi connectivity index (χ1n) is 11.2. The van der Waals surface area contributed by atoms with Gasteiger partial charge in [-0.3, -0.25) is 14.6 Å². The molecule has 0 radical (unpaired) electrons. The van der Waals surface area contributed by atoms with Crippen molar-refractivity contribution >= 4 is 11.8 Å². The Hall–Kier alpha value is -2.69. The predicted octanol–water partition coefficient (Wildman–Crippen LogP) is 3.47. The average molecular weight is 404 g/mol. The minimum absolute atomic E-state index is 0.0787. The number of fused-ring (bicyclic) bond motifs is 4. The maximum absolute atomic E-state index is 13.3. The molecular formula is C25H29N3O2. The van der Waals surface area contributed by atoms with Crippen molar-refractivity contribution in [1.29, 1.82) is 0 Å². The van der Waals surface area contributed by atoms with E-state index >= 15 is 0 Å². The lowest BCUT2D eigenvalue weighted by Gasteiger charge is -2.56. The van der Waals surface area contributed by atoms with Gasteiger partial charge in [0.2, 0.25) is 5.91 Å². The highest BCUT2D eigenvalue weighted by molar-refractivity contribution is 5.94. The van der Waals surface area contributed by atoms with Crippen LogP contribution in [0.4, 0.5) is 0 Å². The fraction of sp³-hybridized carbons (Fsp3) is 0.480.